The SMILES string of the molecule is O=C(O)CN(C(=O)c1ccnc(Br)c1)c1ccccc1. The number of aromatic nitrogens is 1. The molecule has 1 N–H and O–H groups in total. The second-order valence-electron chi connectivity index (χ2n) is 3.99. The Balaban J connectivity index is 2.36. The van der Waals surface area contributed by atoms with E-state index in [1.807, 2.05) is 0 Å². The van der Waals surface area contributed by atoms with Crippen LogP contribution in [0, 0.1) is 0 Å². The maximum absolute atomic E-state index is 12.4. The molecule has 1 heterocycles. The Kier molecular flexibility index (Phi) is 4.47. The Labute approximate surface area is 124 Å². The first-order valence-electron chi connectivity index (χ1n) is 5.78. The lowest BCUT2D eigenvalue weighted by molar-refractivity contribution is -0.135. The van der Waals surface area contributed by atoms with Gasteiger partial charge in [0.1, 0.15) is 11.1 Å². The molecule has 1 aromatic carbocycles. The van der Waals surface area contributed by atoms with E-state index in [0.717, 1.165) is 0 Å². The minimum absolute atomic E-state index is 0.372. The molecule has 6 heteroatoms. The number of aliphatic carboxylic acids is 1. The summed E-state index contributed by atoms with van der Waals surface area (Å²) in [7, 11) is 0. The van der Waals surface area contributed by atoms with Crippen LogP contribution >= 0.6 is 15.9 Å². The third-order valence-electron chi connectivity index (χ3n) is 2.58. The van der Waals surface area contributed by atoms with Gasteiger partial charge in [-0.05, 0) is 40.2 Å². The number of carbonyl (C=O) groups is 2. The van der Waals surface area contributed by atoms with E-state index in [-0.39, 0.29) is 5.91 Å². The number of rotatable bonds is 4. The average Bonchev–Trinajstić information content (AvgIpc) is 2.45. The van der Waals surface area contributed by atoms with Gasteiger partial charge in [0.05, 0.1) is 0 Å². The van der Waals surface area contributed by atoms with Crippen LogP contribution in [-0.4, -0.2) is 28.5 Å². The molecular weight excluding hydrogens is 324 g/mol. The summed E-state index contributed by atoms with van der Waals surface area (Å²) in [5, 5.41) is 8.98. The molecule has 1 amide bonds. The molecule has 0 radical (unpaired) electrons. The number of carboxylic acid groups (broad SMARTS) is 1. The Hall–Kier alpha value is -2.21. The summed E-state index contributed by atoms with van der Waals surface area (Å²) in [5.74, 6) is -1.46. The van der Waals surface area contributed by atoms with Gasteiger partial charge in [-0.3, -0.25) is 14.5 Å². The Morgan fingerprint density at radius 3 is 2.50 bits per heavy atom. The summed E-state index contributed by atoms with van der Waals surface area (Å²) in [6.45, 7) is -0.400. The maximum atomic E-state index is 12.4. The van der Waals surface area contributed by atoms with Crippen molar-refractivity contribution in [2.45, 2.75) is 0 Å². The van der Waals surface area contributed by atoms with Crippen LogP contribution in [0.4, 0.5) is 5.69 Å². The van der Waals surface area contributed by atoms with Gasteiger partial charge in [-0.1, -0.05) is 18.2 Å². The topological polar surface area (TPSA) is 70.5 Å². The van der Waals surface area contributed by atoms with Crippen molar-refractivity contribution in [2.75, 3.05) is 11.4 Å². The van der Waals surface area contributed by atoms with E-state index in [1.54, 1.807) is 42.5 Å². The monoisotopic (exact) mass is 334 g/mol. The normalized spacial score (nSPS) is 10.1. The number of carbonyl (C=O) groups excluding carboxylic acids is 1. The van der Waals surface area contributed by atoms with Crippen molar-refractivity contribution in [1.82, 2.24) is 4.98 Å². The van der Waals surface area contributed by atoms with Gasteiger partial charge in [0, 0.05) is 17.4 Å². The third-order valence-corrected chi connectivity index (χ3v) is 3.01. The van der Waals surface area contributed by atoms with Gasteiger partial charge in [0.2, 0.25) is 0 Å². The van der Waals surface area contributed by atoms with Crippen molar-refractivity contribution in [3.8, 4) is 0 Å². The molecule has 1 aromatic heterocycles. The maximum Gasteiger partial charge on any atom is 0.323 e. The highest BCUT2D eigenvalue weighted by Crippen LogP contribution is 2.18. The van der Waals surface area contributed by atoms with E-state index in [4.69, 9.17) is 5.11 Å². The molecule has 20 heavy (non-hydrogen) atoms. The van der Waals surface area contributed by atoms with Gasteiger partial charge in [0.15, 0.2) is 0 Å². The number of para-hydroxylation sites is 1. The van der Waals surface area contributed by atoms with Crippen molar-refractivity contribution in [2.24, 2.45) is 0 Å². The number of nitrogens with zero attached hydrogens (tertiary/aromatic N) is 2. The molecule has 0 unspecified atom stereocenters. The summed E-state index contributed by atoms with van der Waals surface area (Å²) in [5.41, 5.74) is 0.907. The predicted molar refractivity (Wildman–Crippen MR) is 77.7 cm³/mol. The lowest BCUT2D eigenvalue weighted by Crippen LogP contribution is -2.35. The van der Waals surface area contributed by atoms with Gasteiger partial charge in [-0.25, -0.2) is 4.98 Å². The van der Waals surface area contributed by atoms with Crippen LogP contribution in [-0.2, 0) is 4.79 Å². The molecule has 0 aliphatic heterocycles. The fourth-order valence-electron chi connectivity index (χ4n) is 1.71. The molecule has 2 aromatic rings. The quantitative estimate of drug-likeness (QED) is 0.872. The predicted octanol–water partition coefficient (Wildman–Crippen LogP) is 2.58. The van der Waals surface area contributed by atoms with Crippen LogP contribution in [0.5, 0.6) is 0 Å². The molecular formula is C14H11BrN2O3. The Morgan fingerprint density at radius 1 is 1.20 bits per heavy atom. The van der Waals surface area contributed by atoms with Gasteiger partial charge in [-0.15, -0.1) is 0 Å². The second kappa shape index (κ2) is 6.29. The van der Waals surface area contributed by atoms with E-state index < -0.39 is 12.5 Å². The largest absolute Gasteiger partial charge is 0.480 e. The lowest BCUT2D eigenvalue weighted by Gasteiger charge is -2.20. The summed E-state index contributed by atoms with van der Waals surface area (Å²) < 4.78 is 0.520. The van der Waals surface area contributed by atoms with Crippen LogP contribution in [0.25, 0.3) is 0 Å². The molecule has 0 fully saturated rings. The molecule has 0 atom stereocenters. The Bertz CT molecular complexity index is 631. The smallest absolute Gasteiger partial charge is 0.323 e. The van der Waals surface area contributed by atoms with E-state index in [2.05, 4.69) is 20.9 Å². The van der Waals surface area contributed by atoms with Crippen molar-refractivity contribution in [3.05, 3.63) is 58.8 Å². The minimum Gasteiger partial charge on any atom is -0.480 e. The fourth-order valence-corrected chi connectivity index (χ4v) is 2.08. The van der Waals surface area contributed by atoms with E-state index in [0.29, 0.717) is 15.9 Å². The molecule has 0 aliphatic rings. The van der Waals surface area contributed by atoms with E-state index in [1.165, 1.54) is 11.1 Å². The summed E-state index contributed by atoms with van der Waals surface area (Å²) in [6.07, 6.45) is 1.49. The van der Waals surface area contributed by atoms with Gasteiger partial charge < -0.3 is 5.11 Å². The summed E-state index contributed by atoms with van der Waals surface area (Å²) in [4.78, 5) is 28.6. The summed E-state index contributed by atoms with van der Waals surface area (Å²) in [6, 6.07) is 11.8. The highest BCUT2D eigenvalue weighted by atomic mass is 79.9. The fraction of sp³-hybridized carbons (Fsp3) is 0.0714. The first-order chi connectivity index (χ1) is 9.58. The molecule has 0 saturated carbocycles. The highest BCUT2D eigenvalue weighted by Gasteiger charge is 2.20. The van der Waals surface area contributed by atoms with Gasteiger partial charge in [0.25, 0.3) is 5.91 Å². The molecule has 0 spiro atoms. The lowest BCUT2D eigenvalue weighted by atomic mass is 10.2. The molecule has 0 bridgehead atoms. The van der Waals surface area contributed by atoms with E-state index in [9.17, 15) is 9.59 Å². The van der Waals surface area contributed by atoms with Crippen LogP contribution in [0.2, 0.25) is 0 Å². The molecule has 2 rings (SSSR count). The molecule has 102 valence electrons. The first-order valence-corrected chi connectivity index (χ1v) is 6.57. The van der Waals surface area contributed by atoms with Crippen molar-refractivity contribution in [3.63, 3.8) is 0 Å². The zero-order chi connectivity index (χ0) is 14.5. The molecule has 0 saturated heterocycles. The molecule has 5 nitrogen and oxygen atoms in total. The zero-order valence-corrected chi connectivity index (χ0v) is 11.9. The zero-order valence-electron chi connectivity index (χ0n) is 10.4. The number of pyridine rings is 1. The standard InChI is InChI=1S/C14H11BrN2O3/c15-12-8-10(6-7-16-12)14(20)17(9-13(18)19)11-4-2-1-3-5-11/h1-8H,9H2,(H,18,19). The van der Waals surface area contributed by atoms with Crippen LogP contribution in [0.15, 0.2) is 53.3 Å². The number of hydrogen-bond acceptors (Lipinski definition) is 3. The number of halogens is 1. The number of benzene rings is 1. The first kappa shape index (κ1) is 14.2. The van der Waals surface area contributed by atoms with Crippen LogP contribution in [0.3, 0.4) is 0 Å². The number of amides is 1. The van der Waals surface area contributed by atoms with E-state index >= 15 is 0 Å². The minimum atomic E-state index is -1.07. The molecule has 0 aliphatic carbocycles. The second-order valence-corrected chi connectivity index (χ2v) is 4.80. The third kappa shape index (κ3) is 3.42. The van der Waals surface area contributed by atoms with Crippen LogP contribution in [0.1, 0.15) is 10.4 Å². The van der Waals surface area contributed by atoms with Crippen molar-refractivity contribution in [1.29, 1.82) is 0 Å². The van der Waals surface area contributed by atoms with Gasteiger partial charge >= 0.3 is 5.97 Å². The van der Waals surface area contributed by atoms with Gasteiger partial charge in [-0.2, -0.15) is 0 Å². The average molecular weight is 335 g/mol. The number of anilines is 1. The van der Waals surface area contributed by atoms with Crippen molar-refractivity contribution >= 4 is 33.5 Å². The van der Waals surface area contributed by atoms with Crippen LogP contribution < -0.4 is 4.90 Å². The summed E-state index contributed by atoms with van der Waals surface area (Å²) >= 11 is 3.19. The highest BCUT2D eigenvalue weighted by molar-refractivity contribution is 9.10. The number of hydrogen-bond donors (Lipinski definition) is 1. The van der Waals surface area contributed by atoms with Crippen molar-refractivity contribution < 1.29 is 14.7 Å². The Morgan fingerprint density at radius 2 is 1.90 bits per heavy atom. The number of carboxylic acids is 1.